The number of carboxylic acid groups (broad SMARTS) is 1. The molecule has 5 aromatic rings. The minimum absolute atomic E-state index is 0.0982. The summed E-state index contributed by atoms with van der Waals surface area (Å²) in [4.78, 5) is 25.8. The molecule has 6 rings (SSSR count). The van der Waals surface area contributed by atoms with Crippen molar-refractivity contribution in [2.24, 2.45) is 0 Å². The Morgan fingerprint density at radius 1 is 0.667 bits per heavy atom. The van der Waals surface area contributed by atoms with Gasteiger partial charge in [-0.15, -0.1) is 11.8 Å². The van der Waals surface area contributed by atoms with Crippen molar-refractivity contribution < 1.29 is 19.4 Å². The number of hydrogen-bond acceptors (Lipinski definition) is 4. The second kappa shape index (κ2) is 12.0. The van der Waals surface area contributed by atoms with Crippen molar-refractivity contribution in [3.63, 3.8) is 0 Å². The highest BCUT2D eigenvalue weighted by Crippen LogP contribution is 2.49. The van der Waals surface area contributed by atoms with E-state index in [2.05, 4.69) is 41.7 Å². The zero-order valence-corrected chi connectivity index (χ0v) is 23.5. The fraction of sp³-hybridized carbons (Fsp3) is 0.111. The standard InChI is InChI=1S/C36H29NO4S/c38-34(39)32(37-35(40)41-33-30-22-12-10-20-28(30)29-21-11-13-23-31(29)33)24-42-36(25-14-4-1-5-15-25,26-16-6-2-7-17-26)27-18-8-3-9-19-27/h1-23,32-33H,24H2,(H,37,40)(H,38,39)/t32-/m0/s1. The summed E-state index contributed by atoms with van der Waals surface area (Å²) in [6.45, 7) is 0. The van der Waals surface area contributed by atoms with Gasteiger partial charge < -0.3 is 15.2 Å². The molecule has 1 amide bonds. The summed E-state index contributed by atoms with van der Waals surface area (Å²) in [7, 11) is 0. The molecule has 1 atom stereocenters. The molecule has 6 heteroatoms. The van der Waals surface area contributed by atoms with Gasteiger partial charge in [-0.3, -0.25) is 0 Å². The quantitative estimate of drug-likeness (QED) is 0.178. The van der Waals surface area contributed by atoms with Gasteiger partial charge in [-0.05, 0) is 27.8 Å². The van der Waals surface area contributed by atoms with E-state index >= 15 is 0 Å². The fourth-order valence-corrected chi connectivity index (χ4v) is 7.22. The Kier molecular flexibility index (Phi) is 7.80. The average Bonchev–Trinajstić information content (AvgIpc) is 3.35. The molecule has 0 saturated heterocycles. The molecule has 1 aliphatic carbocycles. The summed E-state index contributed by atoms with van der Waals surface area (Å²) in [5.74, 6) is -1.03. The molecular weight excluding hydrogens is 542 g/mol. The van der Waals surface area contributed by atoms with Gasteiger partial charge in [0.15, 0.2) is 6.10 Å². The molecule has 42 heavy (non-hydrogen) atoms. The highest BCUT2D eigenvalue weighted by atomic mass is 32.2. The van der Waals surface area contributed by atoms with Gasteiger partial charge in [0.05, 0.1) is 4.75 Å². The summed E-state index contributed by atoms with van der Waals surface area (Å²) in [6, 6.07) is 44.5. The highest BCUT2D eigenvalue weighted by molar-refractivity contribution is 8.00. The van der Waals surface area contributed by atoms with Crippen LogP contribution in [0, 0.1) is 0 Å². The molecule has 0 aromatic heterocycles. The number of carbonyl (C=O) groups is 2. The predicted molar refractivity (Wildman–Crippen MR) is 166 cm³/mol. The molecule has 0 heterocycles. The van der Waals surface area contributed by atoms with Crippen molar-refractivity contribution in [1.82, 2.24) is 5.32 Å². The summed E-state index contributed by atoms with van der Waals surface area (Å²) in [5.41, 5.74) is 6.82. The monoisotopic (exact) mass is 571 g/mol. The van der Waals surface area contributed by atoms with E-state index in [-0.39, 0.29) is 5.75 Å². The van der Waals surface area contributed by atoms with Crippen LogP contribution in [0.1, 0.15) is 33.9 Å². The van der Waals surface area contributed by atoms with Crippen LogP contribution in [0.5, 0.6) is 0 Å². The summed E-state index contributed by atoms with van der Waals surface area (Å²) >= 11 is 1.48. The molecular formula is C36H29NO4S. The maximum absolute atomic E-state index is 13.3. The van der Waals surface area contributed by atoms with E-state index in [1.54, 1.807) is 0 Å². The smallest absolute Gasteiger partial charge is 0.408 e. The lowest BCUT2D eigenvalue weighted by molar-refractivity contribution is -0.138. The molecule has 0 spiro atoms. The highest BCUT2D eigenvalue weighted by Gasteiger charge is 2.39. The number of rotatable bonds is 9. The molecule has 0 fully saturated rings. The number of benzene rings is 5. The van der Waals surface area contributed by atoms with Crippen LogP contribution in [-0.2, 0) is 14.3 Å². The molecule has 0 unspecified atom stereocenters. The average molecular weight is 572 g/mol. The zero-order valence-electron chi connectivity index (χ0n) is 22.7. The molecule has 0 saturated carbocycles. The van der Waals surface area contributed by atoms with Gasteiger partial charge in [-0.25, -0.2) is 9.59 Å². The number of amides is 1. The topological polar surface area (TPSA) is 75.6 Å². The molecule has 0 aliphatic heterocycles. The van der Waals surface area contributed by atoms with Crippen LogP contribution < -0.4 is 5.32 Å². The largest absolute Gasteiger partial charge is 0.480 e. The molecule has 1 aliphatic rings. The summed E-state index contributed by atoms with van der Waals surface area (Å²) in [6.07, 6.45) is -1.39. The van der Waals surface area contributed by atoms with Crippen molar-refractivity contribution in [2.75, 3.05) is 5.75 Å². The number of carboxylic acids is 1. The van der Waals surface area contributed by atoms with Crippen molar-refractivity contribution in [3.8, 4) is 11.1 Å². The minimum atomic E-state index is -1.19. The lowest BCUT2D eigenvalue weighted by Gasteiger charge is -2.36. The lowest BCUT2D eigenvalue weighted by Crippen LogP contribution is -2.44. The van der Waals surface area contributed by atoms with Gasteiger partial charge in [0.2, 0.25) is 0 Å². The number of alkyl carbamates (subject to hydrolysis) is 1. The second-order valence-corrected chi connectivity index (χ2v) is 11.3. The minimum Gasteiger partial charge on any atom is -0.480 e. The maximum Gasteiger partial charge on any atom is 0.408 e. The van der Waals surface area contributed by atoms with Crippen molar-refractivity contribution >= 4 is 23.8 Å². The van der Waals surface area contributed by atoms with Crippen molar-refractivity contribution in [1.29, 1.82) is 0 Å². The van der Waals surface area contributed by atoms with Gasteiger partial charge in [0.1, 0.15) is 6.04 Å². The maximum atomic E-state index is 13.3. The third-order valence-electron chi connectivity index (χ3n) is 7.60. The fourth-order valence-electron chi connectivity index (χ4n) is 5.67. The summed E-state index contributed by atoms with van der Waals surface area (Å²) in [5, 5.41) is 12.9. The van der Waals surface area contributed by atoms with E-state index in [0.29, 0.717) is 0 Å². The van der Waals surface area contributed by atoms with Gasteiger partial charge in [0.25, 0.3) is 0 Å². The Bertz CT molecular complexity index is 1550. The van der Waals surface area contributed by atoms with E-state index < -0.39 is 29.0 Å². The van der Waals surface area contributed by atoms with Crippen molar-refractivity contribution in [2.45, 2.75) is 16.9 Å². The third-order valence-corrected chi connectivity index (χ3v) is 9.24. The van der Waals surface area contributed by atoms with E-state index in [4.69, 9.17) is 4.74 Å². The first-order valence-electron chi connectivity index (χ1n) is 13.8. The Morgan fingerprint density at radius 3 is 1.50 bits per heavy atom. The van der Waals surface area contributed by atoms with Crippen LogP contribution in [0.2, 0.25) is 0 Å². The Balaban J connectivity index is 1.29. The number of carbonyl (C=O) groups excluding carboxylic acids is 1. The SMILES string of the molecule is O=C(N[C@@H](CSC(c1ccccc1)(c1ccccc1)c1ccccc1)C(=O)O)OC1c2ccccc2-c2ccccc21. The Morgan fingerprint density at radius 2 is 1.07 bits per heavy atom. The number of fused-ring (bicyclic) bond motifs is 3. The molecule has 0 radical (unpaired) electrons. The van der Waals surface area contributed by atoms with Crippen molar-refractivity contribution in [3.05, 3.63) is 167 Å². The van der Waals surface area contributed by atoms with E-state index in [9.17, 15) is 14.7 Å². The molecule has 5 aromatic carbocycles. The van der Waals surface area contributed by atoms with E-state index in [1.165, 1.54) is 11.8 Å². The zero-order chi connectivity index (χ0) is 28.9. The Labute approximate surface area is 249 Å². The van der Waals surface area contributed by atoms with Crippen LogP contribution in [0.3, 0.4) is 0 Å². The predicted octanol–water partition coefficient (Wildman–Crippen LogP) is 7.66. The molecule has 2 N–H and O–H groups in total. The van der Waals surface area contributed by atoms with E-state index in [1.807, 2.05) is 103 Å². The van der Waals surface area contributed by atoms with Gasteiger partial charge >= 0.3 is 12.1 Å². The van der Waals surface area contributed by atoms with Gasteiger partial charge in [-0.1, -0.05) is 140 Å². The third kappa shape index (κ3) is 5.17. The number of nitrogens with one attached hydrogen (secondary N) is 1. The molecule has 0 bridgehead atoms. The summed E-state index contributed by atoms with van der Waals surface area (Å²) < 4.78 is 5.19. The second-order valence-electron chi connectivity index (χ2n) is 10.1. The van der Waals surface area contributed by atoms with E-state index in [0.717, 1.165) is 38.9 Å². The number of ether oxygens (including phenoxy) is 1. The first-order valence-corrected chi connectivity index (χ1v) is 14.7. The first kappa shape index (κ1) is 27.4. The number of thioether (sulfide) groups is 1. The molecule has 208 valence electrons. The van der Waals surface area contributed by atoms with Crippen LogP contribution in [-0.4, -0.2) is 29.0 Å². The van der Waals surface area contributed by atoms with Crippen LogP contribution in [0.4, 0.5) is 4.79 Å². The van der Waals surface area contributed by atoms with Gasteiger partial charge in [-0.2, -0.15) is 0 Å². The van der Waals surface area contributed by atoms with Crippen LogP contribution >= 0.6 is 11.8 Å². The molecule has 5 nitrogen and oxygen atoms in total. The normalized spacial score (nSPS) is 13.0. The van der Waals surface area contributed by atoms with Crippen LogP contribution in [0.25, 0.3) is 11.1 Å². The first-order chi connectivity index (χ1) is 20.6. The number of aliphatic carboxylic acids is 1. The van der Waals surface area contributed by atoms with Gasteiger partial charge in [0, 0.05) is 16.9 Å². The van der Waals surface area contributed by atoms with Crippen LogP contribution in [0.15, 0.2) is 140 Å². The lowest BCUT2D eigenvalue weighted by atomic mass is 9.84. The number of hydrogen-bond donors (Lipinski definition) is 2. The Hall–Kier alpha value is -4.81.